The summed E-state index contributed by atoms with van der Waals surface area (Å²) in [5.41, 5.74) is 1.43. The average molecular weight is 177 g/mol. The van der Waals surface area contributed by atoms with Crippen LogP contribution in [0.15, 0.2) is 23.9 Å². The van der Waals surface area contributed by atoms with Crippen molar-refractivity contribution < 1.29 is 0 Å². The van der Waals surface area contributed by atoms with Crippen molar-refractivity contribution in [3.8, 4) is 0 Å². The van der Waals surface area contributed by atoms with Crippen molar-refractivity contribution in [1.29, 1.82) is 0 Å². The number of allylic oxidation sites excluding steroid dienone is 4. The maximum atomic E-state index is 3.24. The van der Waals surface area contributed by atoms with Crippen molar-refractivity contribution in [3.63, 3.8) is 0 Å². The highest BCUT2D eigenvalue weighted by atomic mass is 14.9. The second-order valence-corrected chi connectivity index (χ2v) is 4.47. The summed E-state index contributed by atoms with van der Waals surface area (Å²) in [6, 6.07) is 0. The molecule has 0 heterocycles. The monoisotopic (exact) mass is 177 g/mol. The molecule has 4 atom stereocenters. The Morgan fingerprint density at radius 2 is 2.00 bits per heavy atom. The van der Waals surface area contributed by atoms with E-state index in [9.17, 15) is 0 Å². The molecule has 1 heteroatoms. The lowest BCUT2D eigenvalue weighted by Crippen LogP contribution is -2.32. The van der Waals surface area contributed by atoms with Gasteiger partial charge in [-0.3, -0.25) is 0 Å². The molecule has 13 heavy (non-hydrogen) atoms. The lowest BCUT2D eigenvalue weighted by atomic mass is 9.70. The Morgan fingerprint density at radius 3 is 2.38 bits per heavy atom. The number of nitrogens with one attached hydrogen (secondary N) is 1. The van der Waals surface area contributed by atoms with Gasteiger partial charge in [0.1, 0.15) is 0 Å². The molecule has 1 nitrogen and oxygen atoms in total. The van der Waals surface area contributed by atoms with E-state index in [0.29, 0.717) is 0 Å². The second-order valence-electron chi connectivity index (χ2n) is 4.47. The van der Waals surface area contributed by atoms with Crippen LogP contribution in [0.3, 0.4) is 0 Å². The predicted octanol–water partition coefficient (Wildman–Crippen LogP) is 2.57. The van der Waals surface area contributed by atoms with Gasteiger partial charge >= 0.3 is 0 Å². The molecule has 0 aromatic carbocycles. The summed E-state index contributed by atoms with van der Waals surface area (Å²) < 4.78 is 0. The molecule has 0 aromatic rings. The maximum absolute atomic E-state index is 3.24. The molecule has 0 spiro atoms. The normalized spacial score (nSPS) is 41.9. The molecule has 2 rings (SSSR count). The van der Waals surface area contributed by atoms with Gasteiger partial charge in [0.05, 0.1) is 0 Å². The number of rotatable bonds is 3. The molecule has 0 fully saturated rings. The summed E-state index contributed by atoms with van der Waals surface area (Å²) in [6.07, 6.45) is 8.42. The summed E-state index contributed by atoms with van der Waals surface area (Å²) >= 11 is 0. The molecule has 72 valence electrons. The first-order valence-corrected chi connectivity index (χ1v) is 5.30. The van der Waals surface area contributed by atoms with Crippen LogP contribution in [0, 0.1) is 23.7 Å². The van der Waals surface area contributed by atoms with E-state index in [-0.39, 0.29) is 0 Å². The fraction of sp³-hybridized carbons (Fsp3) is 0.667. The second kappa shape index (κ2) is 3.21. The largest absolute Gasteiger partial charge is 0.391 e. The molecule has 0 aromatic heterocycles. The van der Waals surface area contributed by atoms with Crippen molar-refractivity contribution in [2.75, 3.05) is 7.05 Å². The summed E-state index contributed by atoms with van der Waals surface area (Å²) in [5.74, 6) is 3.24. The minimum atomic E-state index is 0.756. The molecule has 0 saturated carbocycles. The number of hydrogen-bond donors (Lipinski definition) is 1. The van der Waals surface area contributed by atoms with Crippen molar-refractivity contribution in [2.45, 2.75) is 20.3 Å². The quantitative estimate of drug-likeness (QED) is 0.653. The van der Waals surface area contributed by atoms with Crippen LogP contribution in [0.5, 0.6) is 0 Å². The van der Waals surface area contributed by atoms with Crippen LogP contribution in [0.2, 0.25) is 0 Å². The van der Waals surface area contributed by atoms with E-state index in [1.165, 1.54) is 12.1 Å². The van der Waals surface area contributed by atoms with Gasteiger partial charge in [0.15, 0.2) is 0 Å². The molecule has 4 unspecified atom stereocenters. The zero-order chi connectivity index (χ0) is 9.42. The highest BCUT2D eigenvalue weighted by Gasteiger charge is 2.32. The van der Waals surface area contributed by atoms with Crippen molar-refractivity contribution in [1.82, 2.24) is 5.32 Å². The Kier molecular flexibility index (Phi) is 2.19. The van der Waals surface area contributed by atoms with Gasteiger partial charge in [0, 0.05) is 18.7 Å². The Hall–Kier alpha value is -0.720. The van der Waals surface area contributed by atoms with Gasteiger partial charge in [-0.15, -0.1) is 0 Å². The van der Waals surface area contributed by atoms with Crippen LogP contribution in [0.4, 0.5) is 0 Å². The third kappa shape index (κ3) is 1.41. The van der Waals surface area contributed by atoms with E-state index < -0.39 is 0 Å². The third-order valence-corrected chi connectivity index (χ3v) is 3.70. The van der Waals surface area contributed by atoms with Crippen molar-refractivity contribution in [3.05, 3.63) is 23.9 Å². The molecule has 0 amide bonds. The average Bonchev–Trinajstić information content (AvgIpc) is 2.13. The lowest BCUT2D eigenvalue weighted by Gasteiger charge is -2.38. The first-order chi connectivity index (χ1) is 6.22. The predicted molar refractivity (Wildman–Crippen MR) is 56.2 cm³/mol. The highest BCUT2D eigenvalue weighted by molar-refractivity contribution is 5.21. The fourth-order valence-corrected chi connectivity index (χ4v) is 2.32. The molecule has 2 aliphatic rings. The number of hydrogen-bond acceptors (Lipinski definition) is 1. The third-order valence-electron chi connectivity index (χ3n) is 3.70. The topological polar surface area (TPSA) is 12.0 Å². The first kappa shape index (κ1) is 8.86. The van der Waals surface area contributed by atoms with E-state index in [1.807, 2.05) is 7.05 Å². The highest BCUT2D eigenvalue weighted by Crippen LogP contribution is 2.40. The SMILES string of the molecule is CNC1=CC(CC2C=CC2C)C1C. The van der Waals surface area contributed by atoms with Crippen LogP contribution < -0.4 is 5.32 Å². The minimum Gasteiger partial charge on any atom is -0.391 e. The Labute approximate surface area is 80.9 Å². The van der Waals surface area contributed by atoms with E-state index in [0.717, 1.165) is 23.7 Å². The van der Waals surface area contributed by atoms with Crippen LogP contribution in [-0.4, -0.2) is 7.05 Å². The van der Waals surface area contributed by atoms with Gasteiger partial charge in [-0.05, 0) is 24.2 Å². The Balaban J connectivity index is 1.85. The maximum Gasteiger partial charge on any atom is 0.0101 e. The van der Waals surface area contributed by atoms with Crippen LogP contribution in [0.1, 0.15) is 20.3 Å². The van der Waals surface area contributed by atoms with Gasteiger partial charge in [0.25, 0.3) is 0 Å². The first-order valence-electron chi connectivity index (χ1n) is 5.30. The van der Waals surface area contributed by atoms with Gasteiger partial charge in [-0.2, -0.15) is 0 Å². The van der Waals surface area contributed by atoms with Gasteiger partial charge in [-0.25, -0.2) is 0 Å². The summed E-state index contributed by atoms with van der Waals surface area (Å²) in [5, 5.41) is 3.24. The zero-order valence-corrected chi connectivity index (χ0v) is 8.75. The molecule has 2 aliphatic carbocycles. The summed E-state index contributed by atoms with van der Waals surface area (Å²) in [4.78, 5) is 0. The Bertz CT molecular complexity index is 252. The summed E-state index contributed by atoms with van der Waals surface area (Å²) in [7, 11) is 2.02. The summed E-state index contributed by atoms with van der Waals surface area (Å²) in [6.45, 7) is 4.64. The molecule has 0 radical (unpaired) electrons. The van der Waals surface area contributed by atoms with E-state index >= 15 is 0 Å². The minimum absolute atomic E-state index is 0.756. The molecular formula is C12H19N. The fourth-order valence-electron chi connectivity index (χ4n) is 2.32. The smallest absolute Gasteiger partial charge is 0.0101 e. The van der Waals surface area contributed by atoms with Gasteiger partial charge < -0.3 is 5.32 Å². The van der Waals surface area contributed by atoms with Crippen molar-refractivity contribution in [2.24, 2.45) is 23.7 Å². The molecular weight excluding hydrogens is 158 g/mol. The van der Waals surface area contributed by atoms with E-state index in [4.69, 9.17) is 0 Å². The van der Waals surface area contributed by atoms with Crippen LogP contribution in [-0.2, 0) is 0 Å². The molecule has 0 saturated heterocycles. The van der Waals surface area contributed by atoms with E-state index in [1.54, 1.807) is 0 Å². The van der Waals surface area contributed by atoms with Crippen molar-refractivity contribution >= 4 is 0 Å². The van der Waals surface area contributed by atoms with Gasteiger partial charge in [0.2, 0.25) is 0 Å². The molecule has 0 bridgehead atoms. The molecule has 0 aliphatic heterocycles. The Morgan fingerprint density at radius 1 is 1.23 bits per heavy atom. The van der Waals surface area contributed by atoms with E-state index in [2.05, 4.69) is 37.4 Å². The van der Waals surface area contributed by atoms with Crippen LogP contribution in [0.25, 0.3) is 0 Å². The lowest BCUT2D eigenvalue weighted by molar-refractivity contribution is 0.299. The van der Waals surface area contributed by atoms with Gasteiger partial charge in [-0.1, -0.05) is 32.1 Å². The molecule has 1 N–H and O–H groups in total. The zero-order valence-electron chi connectivity index (χ0n) is 8.75. The standard InChI is InChI=1S/C12H19N/c1-8-4-5-10(8)6-11-7-12(13-3)9(11)2/h4-5,7-11,13H,6H2,1-3H3. The van der Waals surface area contributed by atoms with Crippen LogP contribution >= 0.6 is 0 Å².